The third kappa shape index (κ3) is 0.969. The molecule has 0 saturated carbocycles. The molecule has 1 heterocycles. The van der Waals surface area contributed by atoms with Crippen molar-refractivity contribution in [2.24, 2.45) is 0 Å². The molecule has 1 rings (SSSR count). The molecular weight excluding hydrogens is 112 g/mol. The molecule has 0 aromatic heterocycles. The van der Waals surface area contributed by atoms with Crippen molar-refractivity contribution in [2.75, 3.05) is 0 Å². The van der Waals surface area contributed by atoms with Gasteiger partial charge in [0.25, 0.3) is 0 Å². The van der Waals surface area contributed by atoms with Crippen LogP contribution in [0, 0.1) is 5.41 Å². The summed E-state index contributed by atoms with van der Waals surface area (Å²) in [5, 5.41) is 7.39. The van der Waals surface area contributed by atoms with E-state index in [1.165, 1.54) is 0 Å². The number of hydrogen-bond donors (Lipinski definition) is 1. The summed E-state index contributed by atoms with van der Waals surface area (Å²) in [6, 6.07) is 0.495. The van der Waals surface area contributed by atoms with Gasteiger partial charge in [-0.3, -0.25) is 5.41 Å². The quantitative estimate of drug-likeness (QED) is 0.564. The monoisotopic (exact) mass is 124 g/mol. The van der Waals surface area contributed by atoms with Gasteiger partial charge in [-0.2, -0.15) is 0 Å². The Balaban J connectivity index is 2.65. The molecule has 0 aromatic rings. The van der Waals surface area contributed by atoms with Crippen molar-refractivity contribution < 1.29 is 0 Å². The first-order valence-electron chi connectivity index (χ1n) is 3.24. The average Bonchev–Trinajstić information content (AvgIpc) is 2.12. The van der Waals surface area contributed by atoms with E-state index >= 15 is 0 Å². The second-order valence-corrected chi connectivity index (χ2v) is 2.42. The molecule has 0 aliphatic carbocycles. The third-order valence-electron chi connectivity index (χ3n) is 1.78. The number of nitrogens with zero attached hydrogens (tertiary/aromatic N) is 1. The summed E-state index contributed by atoms with van der Waals surface area (Å²) in [5.41, 5.74) is 0. The van der Waals surface area contributed by atoms with Crippen molar-refractivity contribution in [1.29, 1.82) is 5.41 Å². The van der Waals surface area contributed by atoms with Crippen LogP contribution < -0.4 is 0 Å². The summed E-state index contributed by atoms with van der Waals surface area (Å²) in [6.07, 6.45) is 3.75. The van der Waals surface area contributed by atoms with Crippen LogP contribution in [0.2, 0.25) is 0 Å². The number of amidine groups is 1. The third-order valence-corrected chi connectivity index (χ3v) is 1.78. The molecular formula is C7H12N2. The first-order chi connectivity index (χ1) is 4.25. The Morgan fingerprint density at radius 1 is 1.89 bits per heavy atom. The molecule has 1 aliphatic heterocycles. The molecule has 2 nitrogen and oxygen atoms in total. The molecule has 1 atom stereocenters. The molecule has 1 saturated heterocycles. The Bertz CT molecular complexity index is 140. The van der Waals surface area contributed by atoms with Crippen molar-refractivity contribution in [2.45, 2.75) is 25.8 Å². The van der Waals surface area contributed by atoms with Crippen LogP contribution in [0.15, 0.2) is 12.8 Å². The molecule has 1 N–H and O–H groups in total. The number of hydrogen-bond acceptors (Lipinski definition) is 1. The number of rotatable bonds is 1. The van der Waals surface area contributed by atoms with Gasteiger partial charge in [-0.15, -0.1) is 0 Å². The molecule has 1 fully saturated rings. The lowest BCUT2D eigenvalue weighted by Gasteiger charge is -2.16. The van der Waals surface area contributed by atoms with Crippen LogP contribution in [0.5, 0.6) is 0 Å². The molecule has 0 aromatic carbocycles. The highest BCUT2D eigenvalue weighted by Crippen LogP contribution is 2.17. The molecule has 0 radical (unpaired) electrons. The van der Waals surface area contributed by atoms with Crippen LogP contribution in [0.4, 0.5) is 0 Å². The fourth-order valence-electron chi connectivity index (χ4n) is 1.17. The predicted molar refractivity (Wildman–Crippen MR) is 38.5 cm³/mol. The van der Waals surface area contributed by atoms with E-state index in [4.69, 9.17) is 5.41 Å². The van der Waals surface area contributed by atoms with Gasteiger partial charge in [-0.1, -0.05) is 6.58 Å². The SMILES string of the molecule is C=CN1C(=N)CCC1C. The Kier molecular flexibility index (Phi) is 1.56. The maximum Gasteiger partial charge on any atom is 0.100 e. The van der Waals surface area contributed by atoms with Crippen LogP contribution in [0.1, 0.15) is 19.8 Å². The fraction of sp³-hybridized carbons (Fsp3) is 0.571. The van der Waals surface area contributed by atoms with Crippen molar-refractivity contribution in [3.05, 3.63) is 12.8 Å². The molecule has 2 heteroatoms. The lowest BCUT2D eigenvalue weighted by Crippen LogP contribution is -2.23. The second kappa shape index (κ2) is 2.21. The Morgan fingerprint density at radius 2 is 2.56 bits per heavy atom. The van der Waals surface area contributed by atoms with Gasteiger partial charge in [-0.25, -0.2) is 0 Å². The lowest BCUT2D eigenvalue weighted by molar-refractivity contribution is 0.462. The summed E-state index contributed by atoms with van der Waals surface area (Å²) < 4.78 is 0. The molecule has 1 unspecified atom stereocenters. The molecule has 9 heavy (non-hydrogen) atoms. The largest absolute Gasteiger partial charge is 0.335 e. The van der Waals surface area contributed by atoms with Gasteiger partial charge in [0, 0.05) is 12.5 Å². The minimum atomic E-state index is 0.495. The topological polar surface area (TPSA) is 27.1 Å². The maximum atomic E-state index is 7.39. The smallest absolute Gasteiger partial charge is 0.100 e. The minimum Gasteiger partial charge on any atom is -0.335 e. The van der Waals surface area contributed by atoms with Gasteiger partial charge in [-0.05, 0) is 19.5 Å². The standard InChI is InChI=1S/C7H12N2/c1-3-9-6(2)4-5-7(9)8/h3,6,8H,1,4-5H2,2H3. The first kappa shape index (κ1) is 6.33. The van der Waals surface area contributed by atoms with E-state index in [1.54, 1.807) is 6.20 Å². The van der Waals surface area contributed by atoms with Crippen molar-refractivity contribution in [3.8, 4) is 0 Å². The highest BCUT2D eigenvalue weighted by molar-refractivity contribution is 5.82. The minimum absolute atomic E-state index is 0.495. The lowest BCUT2D eigenvalue weighted by atomic mass is 10.2. The van der Waals surface area contributed by atoms with E-state index in [0.29, 0.717) is 11.9 Å². The zero-order valence-corrected chi connectivity index (χ0v) is 5.72. The summed E-state index contributed by atoms with van der Waals surface area (Å²) in [4.78, 5) is 1.92. The van der Waals surface area contributed by atoms with E-state index in [-0.39, 0.29) is 0 Å². The predicted octanol–water partition coefficient (Wildman–Crippen LogP) is 1.59. The van der Waals surface area contributed by atoms with E-state index in [2.05, 4.69) is 13.5 Å². The van der Waals surface area contributed by atoms with Gasteiger partial charge in [0.2, 0.25) is 0 Å². The zero-order chi connectivity index (χ0) is 6.85. The Morgan fingerprint density at radius 3 is 2.78 bits per heavy atom. The van der Waals surface area contributed by atoms with Crippen LogP contribution in [0.3, 0.4) is 0 Å². The van der Waals surface area contributed by atoms with Crippen molar-refractivity contribution >= 4 is 5.84 Å². The highest BCUT2D eigenvalue weighted by Gasteiger charge is 2.21. The Labute approximate surface area is 55.7 Å². The Hall–Kier alpha value is -0.790. The van der Waals surface area contributed by atoms with Crippen molar-refractivity contribution in [3.63, 3.8) is 0 Å². The number of nitrogens with one attached hydrogen (secondary N) is 1. The van der Waals surface area contributed by atoms with Gasteiger partial charge in [0.15, 0.2) is 0 Å². The molecule has 0 spiro atoms. The van der Waals surface area contributed by atoms with Gasteiger partial charge in [0.05, 0.1) is 0 Å². The molecule has 0 amide bonds. The summed E-state index contributed by atoms with van der Waals surface area (Å²) >= 11 is 0. The van der Waals surface area contributed by atoms with Crippen LogP contribution in [-0.2, 0) is 0 Å². The number of likely N-dealkylation sites (tertiary alicyclic amines) is 1. The summed E-state index contributed by atoms with van der Waals surface area (Å²) in [6.45, 7) is 5.74. The van der Waals surface area contributed by atoms with E-state index in [9.17, 15) is 0 Å². The fourth-order valence-corrected chi connectivity index (χ4v) is 1.17. The molecule has 1 aliphatic rings. The summed E-state index contributed by atoms with van der Waals surface area (Å²) in [5.74, 6) is 0.706. The first-order valence-corrected chi connectivity index (χ1v) is 3.24. The van der Waals surface area contributed by atoms with Gasteiger partial charge >= 0.3 is 0 Å². The zero-order valence-electron chi connectivity index (χ0n) is 5.72. The van der Waals surface area contributed by atoms with Crippen LogP contribution >= 0.6 is 0 Å². The molecule has 0 bridgehead atoms. The van der Waals surface area contributed by atoms with E-state index < -0.39 is 0 Å². The second-order valence-electron chi connectivity index (χ2n) is 2.42. The molecule has 50 valence electrons. The van der Waals surface area contributed by atoms with E-state index in [0.717, 1.165) is 12.8 Å². The van der Waals surface area contributed by atoms with Gasteiger partial charge < -0.3 is 4.90 Å². The maximum absolute atomic E-state index is 7.39. The normalized spacial score (nSPS) is 27.0. The van der Waals surface area contributed by atoms with Crippen molar-refractivity contribution in [1.82, 2.24) is 4.90 Å². The van der Waals surface area contributed by atoms with E-state index in [1.807, 2.05) is 4.90 Å². The van der Waals surface area contributed by atoms with Crippen LogP contribution in [-0.4, -0.2) is 16.8 Å². The summed E-state index contributed by atoms with van der Waals surface area (Å²) in [7, 11) is 0. The highest BCUT2D eigenvalue weighted by atomic mass is 15.2. The van der Waals surface area contributed by atoms with Gasteiger partial charge in [0.1, 0.15) is 5.84 Å². The average molecular weight is 124 g/mol. The van der Waals surface area contributed by atoms with Crippen LogP contribution in [0.25, 0.3) is 0 Å².